The first-order chi connectivity index (χ1) is 8.20. The molecule has 2 unspecified atom stereocenters. The van der Waals surface area contributed by atoms with Crippen molar-refractivity contribution in [2.75, 3.05) is 6.54 Å². The van der Waals surface area contributed by atoms with E-state index in [1.54, 1.807) is 0 Å². The van der Waals surface area contributed by atoms with Gasteiger partial charge in [-0.05, 0) is 5.56 Å². The van der Waals surface area contributed by atoms with E-state index in [9.17, 15) is 9.59 Å². The first-order valence-corrected chi connectivity index (χ1v) is 5.54. The summed E-state index contributed by atoms with van der Waals surface area (Å²) in [6.45, 7) is 0.335. The summed E-state index contributed by atoms with van der Waals surface area (Å²) in [7, 11) is 0. The van der Waals surface area contributed by atoms with Crippen LogP contribution in [0.25, 0.3) is 0 Å². The summed E-state index contributed by atoms with van der Waals surface area (Å²) in [5, 5.41) is 5.32. The van der Waals surface area contributed by atoms with Gasteiger partial charge in [-0.25, -0.2) is 0 Å². The van der Waals surface area contributed by atoms with Crippen LogP contribution in [0.15, 0.2) is 30.3 Å². The molecule has 90 valence electrons. The van der Waals surface area contributed by atoms with Crippen LogP contribution in [0, 0.1) is 0 Å². The minimum atomic E-state index is -0.476. The van der Waals surface area contributed by atoms with Gasteiger partial charge >= 0.3 is 0 Å². The molecule has 1 aliphatic heterocycles. The highest BCUT2D eigenvalue weighted by molar-refractivity contribution is 5.93. The van der Waals surface area contributed by atoms with Gasteiger partial charge in [-0.2, -0.15) is 0 Å². The molecule has 2 atom stereocenters. The molecule has 1 fully saturated rings. The van der Waals surface area contributed by atoms with E-state index in [4.69, 9.17) is 5.73 Å². The van der Waals surface area contributed by atoms with Crippen LogP contribution in [0.3, 0.4) is 0 Å². The van der Waals surface area contributed by atoms with E-state index in [2.05, 4.69) is 10.6 Å². The largest absolute Gasteiger partial charge is 0.348 e. The topological polar surface area (TPSA) is 84.2 Å². The van der Waals surface area contributed by atoms with E-state index in [1.807, 2.05) is 30.3 Å². The van der Waals surface area contributed by atoms with Gasteiger partial charge in [0.2, 0.25) is 11.8 Å². The van der Waals surface area contributed by atoms with Gasteiger partial charge < -0.3 is 16.4 Å². The highest BCUT2D eigenvalue weighted by Crippen LogP contribution is 2.06. The lowest BCUT2D eigenvalue weighted by Crippen LogP contribution is -2.71. The smallest absolute Gasteiger partial charge is 0.245 e. The molecule has 1 aromatic carbocycles. The predicted octanol–water partition coefficient (Wildman–Crippen LogP) is -0.829. The number of rotatable bonds is 4. The van der Waals surface area contributed by atoms with E-state index in [0.29, 0.717) is 6.54 Å². The average Bonchev–Trinajstić information content (AvgIpc) is 2.34. The van der Waals surface area contributed by atoms with Crippen LogP contribution in [0.5, 0.6) is 0 Å². The van der Waals surface area contributed by atoms with Gasteiger partial charge in [-0.15, -0.1) is 0 Å². The van der Waals surface area contributed by atoms with E-state index in [0.717, 1.165) is 5.56 Å². The summed E-state index contributed by atoms with van der Waals surface area (Å²) in [6.07, 6.45) is 0.280. The summed E-state index contributed by atoms with van der Waals surface area (Å²) in [5.74, 6) is -0.323. The second-order valence-electron chi connectivity index (χ2n) is 4.06. The Morgan fingerprint density at radius 1 is 1.35 bits per heavy atom. The minimum Gasteiger partial charge on any atom is -0.348 e. The van der Waals surface area contributed by atoms with E-state index < -0.39 is 6.04 Å². The standard InChI is InChI=1S/C12H15N3O2/c13-7-9-11(12(17)14-9)15-10(16)6-8-4-2-1-3-5-8/h1-5,9,11H,6-7,13H2,(H,14,17)(H,15,16). The van der Waals surface area contributed by atoms with E-state index >= 15 is 0 Å². The number of β-lactam (4-membered cyclic amide) rings is 1. The molecular weight excluding hydrogens is 218 g/mol. The molecule has 0 bridgehead atoms. The number of amides is 2. The zero-order chi connectivity index (χ0) is 12.3. The lowest BCUT2D eigenvalue weighted by Gasteiger charge is -2.36. The van der Waals surface area contributed by atoms with Crippen LogP contribution in [0.1, 0.15) is 5.56 Å². The number of hydrogen-bond donors (Lipinski definition) is 3. The van der Waals surface area contributed by atoms with E-state index in [1.165, 1.54) is 0 Å². The Morgan fingerprint density at radius 3 is 2.65 bits per heavy atom. The number of carbonyl (C=O) groups is 2. The highest BCUT2D eigenvalue weighted by Gasteiger charge is 2.39. The molecule has 1 aliphatic rings. The monoisotopic (exact) mass is 233 g/mol. The summed E-state index contributed by atoms with van der Waals surface area (Å²) in [6, 6.07) is 8.79. The van der Waals surface area contributed by atoms with Gasteiger partial charge in [0.1, 0.15) is 6.04 Å². The summed E-state index contributed by atoms with van der Waals surface area (Å²) in [5.41, 5.74) is 6.37. The quantitative estimate of drug-likeness (QED) is 0.593. The molecule has 2 amide bonds. The van der Waals surface area contributed by atoms with Gasteiger partial charge in [0.15, 0.2) is 0 Å². The first-order valence-electron chi connectivity index (χ1n) is 5.54. The summed E-state index contributed by atoms with van der Waals surface area (Å²) in [4.78, 5) is 22.9. The van der Waals surface area contributed by atoms with Gasteiger partial charge in [0.25, 0.3) is 0 Å². The minimum absolute atomic E-state index is 0.137. The van der Waals surface area contributed by atoms with Crippen molar-refractivity contribution in [1.82, 2.24) is 10.6 Å². The number of hydrogen-bond acceptors (Lipinski definition) is 3. The molecule has 0 aromatic heterocycles. The third-order valence-corrected chi connectivity index (χ3v) is 2.79. The Hall–Kier alpha value is -1.88. The molecule has 1 aromatic rings. The van der Waals surface area contributed by atoms with Gasteiger partial charge in [0, 0.05) is 6.54 Å². The first kappa shape index (κ1) is 11.6. The van der Waals surface area contributed by atoms with Crippen molar-refractivity contribution < 1.29 is 9.59 Å². The lowest BCUT2D eigenvalue weighted by atomic mass is 9.99. The highest BCUT2D eigenvalue weighted by atomic mass is 16.2. The van der Waals surface area contributed by atoms with Crippen molar-refractivity contribution in [3.8, 4) is 0 Å². The Morgan fingerprint density at radius 2 is 2.06 bits per heavy atom. The van der Waals surface area contributed by atoms with Gasteiger partial charge in [-0.3, -0.25) is 9.59 Å². The zero-order valence-electron chi connectivity index (χ0n) is 9.35. The number of nitrogens with one attached hydrogen (secondary N) is 2. The van der Waals surface area contributed by atoms with Crippen LogP contribution in [0.2, 0.25) is 0 Å². The van der Waals surface area contributed by atoms with Crippen molar-refractivity contribution in [2.45, 2.75) is 18.5 Å². The molecule has 0 saturated carbocycles. The van der Waals surface area contributed by atoms with Crippen molar-refractivity contribution in [1.29, 1.82) is 0 Å². The van der Waals surface area contributed by atoms with Crippen molar-refractivity contribution in [3.05, 3.63) is 35.9 Å². The van der Waals surface area contributed by atoms with Gasteiger partial charge in [0.05, 0.1) is 12.5 Å². The van der Waals surface area contributed by atoms with Crippen LogP contribution in [0.4, 0.5) is 0 Å². The molecule has 0 aliphatic carbocycles. The molecule has 2 rings (SSSR count). The molecular formula is C12H15N3O2. The lowest BCUT2D eigenvalue weighted by molar-refractivity contribution is -0.135. The predicted molar refractivity (Wildman–Crippen MR) is 63.1 cm³/mol. The molecule has 0 spiro atoms. The summed E-state index contributed by atoms with van der Waals surface area (Å²) < 4.78 is 0. The molecule has 1 saturated heterocycles. The maximum absolute atomic E-state index is 11.7. The summed E-state index contributed by atoms with van der Waals surface area (Å²) >= 11 is 0. The normalized spacial score (nSPS) is 22.5. The maximum atomic E-state index is 11.7. The van der Waals surface area contributed by atoms with Crippen LogP contribution in [-0.2, 0) is 16.0 Å². The van der Waals surface area contributed by atoms with Crippen LogP contribution >= 0.6 is 0 Å². The molecule has 5 heteroatoms. The van der Waals surface area contributed by atoms with E-state index in [-0.39, 0.29) is 24.3 Å². The second-order valence-corrected chi connectivity index (χ2v) is 4.06. The Balaban J connectivity index is 1.87. The fraction of sp³-hybridized carbons (Fsp3) is 0.333. The van der Waals surface area contributed by atoms with Gasteiger partial charge in [-0.1, -0.05) is 30.3 Å². The fourth-order valence-corrected chi connectivity index (χ4v) is 1.81. The third kappa shape index (κ3) is 2.62. The van der Waals surface area contributed by atoms with Crippen molar-refractivity contribution in [2.24, 2.45) is 5.73 Å². The number of nitrogens with two attached hydrogens (primary N) is 1. The van der Waals surface area contributed by atoms with Crippen LogP contribution < -0.4 is 16.4 Å². The number of benzene rings is 1. The Bertz CT molecular complexity index is 419. The Kier molecular flexibility index (Phi) is 3.39. The molecule has 0 radical (unpaired) electrons. The fourth-order valence-electron chi connectivity index (χ4n) is 1.81. The molecule has 1 heterocycles. The van der Waals surface area contributed by atoms with Crippen molar-refractivity contribution >= 4 is 11.8 Å². The zero-order valence-corrected chi connectivity index (χ0v) is 9.35. The Labute approximate surface area is 99.4 Å². The molecule has 17 heavy (non-hydrogen) atoms. The molecule has 5 nitrogen and oxygen atoms in total. The van der Waals surface area contributed by atoms with Crippen molar-refractivity contribution in [3.63, 3.8) is 0 Å². The average molecular weight is 233 g/mol. The second kappa shape index (κ2) is 4.97. The SMILES string of the molecule is NCC1NC(=O)C1NC(=O)Cc1ccccc1. The molecule has 4 N–H and O–H groups in total. The number of carbonyl (C=O) groups excluding carboxylic acids is 2. The third-order valence-electron chi connectivity index (χ3n) is 2.79. The maximum Gasteiger partial charge on any atom is 0.245 e. The van der Waals surface area contributed by atoms with Crippen LogP contribution in [-0.4, -0.2) is 30.4 Å².